The summed E-state index contributed by atoms with van der Waals surface area (Å²) in [5, 5.41) is 2.17. The normalized spacial score (nSPS) is 10.8. The fraction of sp³-hybridized carbons (Fsp3) is 0.105. The molecule has 2 heteroatoms. The van der Waals surface area contributed by atoms with Crippen LogP contribution in [0.5, 0.6) is 0 Å². The quantitative estimate of drug-likeness (QED) is 0.432. The lowest BCUT2D eigenvalue weighted by Gasteiger charge is -2.10. The van der Waals surface area contributed by atoms with Gasteiger partial charge in [0.15, 0.2) is 5.78 Å². The van der Waals surface area contributed by atoms with E-state index in [0.29, 0.717) is 0 Å². The van der Waals surface area contributed by atoms with Crippen molar-refractivity contribution in [2.45, 2.75) is 13.8 Å². The molecular formula is C19H15IO. The van der Waals surface area contributed by atoms with Crippen LogP contribution in [0.1, 0.15) is 27.0 Å². The highest BCUT2D eigenvalue weighted by atomic mass is 127. The molecule has 3 rings (SSSR count). The summed E-state index contributed by atoms with van der Waals surface area (Å²) < 4.78 is 1.03. The van der Waals surface area contributed by atoms with Gasteiger partial charge in [0.1, 0.15) is 0 Å². The maximum absolute atomic E-state index is 12.9. The van der Waals surface area contributed by atoms with Gasteiger partial charge in [-0.05, 0) is 64.4 Å². The lowest BCUT2D eigenvalue weighted by atomic mass is 9.94. The van der Waals surface area contributed by atoms with E-state index in [1.54, 1.807) is 0 Å². The Hall–Kier alpha value is -1.68. The molecule has 0 radical (unpaired) electrons. The minimum atomic E-state index is 0.0966. The summed E-state index contributed by atoms with van der Waals surface area (Å²) in [6, 6.07) is 18.0. The zero-order chi connectivity index (χ0) is 15.0. The van der Waals surface area contributed by atoms with Crippen LogP contribution in [0.2, 0.25) is 0 Å². The first-order valence-corrected chi connectivity index (χ1v) is 7.95. The van der Waals surface area contributed by atoms with Gasteiger partial charge in [-0.1, -0.05) is 48.5 Å². The van der Waals surface area contributed by atoms with Gasteiger partial charge < -0.3 is 0 Å². The molecule has 104 valence electrons. The molecule has 0 aliphatic rings. The second-order valence-electron chi connectivity index (χ2n) is 5.24. The third kappa shape index (κ3) is 2.48. The number of carbonyl (C=O) groups excluding carboxylic acids is 1. The monoisotopic (exact) mass is 386 g/mol. The van der Waals surface area contributed by atoms with Crippen molar-refractivity contribution in [3.05, 3.63) is 80.4 Å². The Balaban J connectivity index is 2.23. The highest BCUT2D eigenvalue weighted by molar-refractivity contribution is 14.1. The summed E-state index contributed by atoms with van der Waals surface area (Å²) in [6.07, 6.45) is 0. The Labute approximate surface area is 138 Å². The van der Waals surface area contributed by atoms with Gasteiger partial charge in [0.2, 0.25) is 0 Å². The minimum absolute atomic E-state index is 0.0966. The Morgan fingerprint density at radius 1 is 0.762 bits per heavy atom. The molecule has 0 aliphatic carbocycles. The number of ketones is 1. The van der Waals surface area contributed by atoms with Crippen molar-refractivity contribution in [1.29, 1.82) is 0 Å². The van der Waals surface area contributed by atoms with Crippen molar-refractivity contribution in [2.75, 3.05) is 0 Å². The van der Waals surface area contributed by atoms with E-state index in [4.69, 9.17) is 0 Å². The van der Waals surface area contributed by atoms with Gasteiger partial charge in [-0.25, -0.2) is 0 Å². The second-order valence-corrected chi connectivity index (χ2v) is 6.32. The van der Waals surface area contributed by atoms with Gasteiger partial charge in [-0.2, -0.15) is 0 Å². The second kappa shape index (κ2) is 5.60. The Morgan fingerprint density at radius 2 is 1.48 bits per heavy atom. The van der Waals surface area contributed by atoms with E-state index in [0.717, 1.165) is 31.0 Å². The fourth-order valence-electron chi connectivity index (χ4n) is 2.62. The smallest absolute Gasteiger partial charge is 0.194 e. The number of halogens is 1. The van der Waals surface area contributed by atoms with Crippen molar-refractivity contribution in [3.63, 3.8) is 0 Å². The molecule has 0 bridgehead atoms. The fourth-order valence-corrected chi connectivity index (χ4v) is 3.22. The van der Waals surface area contributed by atoms with Crippen LogP contribution in [-0.4, -0.2) is 5.78 Å². The number of hydrogen-bond acceptors (Lipinski definition) is 1. The van der Waals surface area contributed by atoms with E-state index in [9.17, 15) is 4.79 Å². The molecule has 0 atom stereocenters. The molecule has 0 spiro atoms. The summed E-state index contributed by atoms with van der Waals surface area (Å²) in [5.74, 6) is 0.0966. The molecule has 0 aromatic heterocycles. The zero-order valence-corrected chi connectivity index (χ0v) is 14.1. The van der Waals surface area contributed by atoms with Crippen LogP contribution < -0.4 is 0 Å². The van der Waals surface area contributed by atoms with Crippen LogP contribution in [0.3, 0.4) is 0 Å². The maximum Gasteiger partial charge on any atom is 0.194 e. The average Bonchev–Trinajstić information content (AvgIpc) is 2.50. The summed E-state index contributed by atoms with van der Waals surface area (Å²) in [6.45, 7) is 4.11. The molecule has 0 saturated carbocycles. The average molecular weight is 386 g/mol. The number of rotatable bonds is 2. The zero-order valence-electron chi connectivity index (χ0n) is 12.0. The molecule has 0 unspecified atom stereocenters. The standard InChI is InChI=1S/C19H15IO/c1-12-10-11-16(15-8-4-3-7-14(12)15)19(21)17-9-5-6-13(2)18(17)20/h3-11H,1-2H3. The number of carbonyl (C=O) groups is 1. The summed E-state index contributed by atoms with van der Waals surface area (Å²) >= 11 is 2.26. The van der Waals surface area contributed by atoms with Gasteiger partial charge in [0, 0.05) is 14.7 Å². The topological polar surface area (TPSA) is 17.1 Å². The van der Waals surface area contributed by atoms with E-state index in [2.05, 4.69) is 35.6 Å². The predicted octanol–water partition coefficient (Wildman–Crippen LogP) is 5.29. The SMILES string of the molecule is Cc1cccc(C(=O)c2ccc(C)c3ccccc23)c1I. The van der Waals surface area contributed by atoms with Crippen molar-refractivity contribution < 1.29 is 4.79 Å². The van der Waals surface area contributed by atoms with Crippen molar-refractivity contribution in [3.8, 4) is 0 Å². The third-order valence-electron chi connectivity index (χ3n) is 3.82. The van der Waals surface area contributed by atoms with Crippen LogP contribution in [0, 0.1) is 17.4 Å². The summed E-state index contributed by atoms with van der Waals surface area (Å²) in [7, 11) is 0. The van der Waals surface area contributed by atoms with Crippen LogP contribution in [0.4, 0.5) is 0 Å². The first-order valence-electron chi connectivity index (χ1n) is 6.88. The van der Waals surface area contributed by atoms with Crippen LogP contribution in [-0.2, 0) is 0 Å². The molecule has 0 aliphatic heterocycles. The Morgan fingerprint density at radius 3 is 2.24 bits per heavy atom. The molecule has 0 heterocycles. The van der Waals surface area contributed by atoms with E-state index in [1.807, 2.05) is 55.5 Å². The van der Waals surface area contributed by atoms with Gasteiger partial charge in [-0.3, -0.25) is 4.79 Å². The number of aryl methyl sites for hydroxylation is 2. The molecule has 0 saturated heterocycles. The van der Waals surface area contributed by atoms with Crippen LogP contribution in [0.25, 0.3) is 10.8 Å². The maximum atomic E-state index is 12.9. The van der Waals surface area contributed by atoms with E-state index < -0.39 is 0 Å². The predicted molar refractivity (Wildman–Crippen MR) is 96.0 cm³/mol. The summed E-state index contributed by atoms with van der Waals surface area (Å²) in [5.41, 5.74) is 3.89. The molecule has 0 amide bonds. The van der Waals surface area contributed by atoms with Gasteiger partial charge in [-0.15, -0.1) is 0 Å². The number of hydrogen-bond donors (Lipinski definition) is 0. The minimum Gasteiger partial charge on any atom is -0.289 e. The largest absolute Gasteiger partial charge is 0.289 e. The lowest BCUT2D eigenvalue weighted by molar-refractivity contribution is 0.103. The van der Waals surface area contributed by atoms with E-state index in [1.165, 1.54) is 5.56 Å². The van der Waals surface area contributed by atoms with Crippen LogP contribution >= 0.6 is 22.6 Å². The van der Waals surface area contributed by atoms with Crippen molar-refractivity contribution >= 4 is 39.1 Å². The summed E-state index contributed by atoms with van der Waals surface area (Å²) in [4.78, 5) is 12.9. The Bertz CT molecular complexity index is 849. The molecule has 0 N–H and O–H groups in total. The van der Waals surface area contributed by atoms with Gasteiger partial charge in [0.25, 0.3) is 0 Å². The number of benzene rings is 3. The third-order valence-corrected chi connectivity index (χ3v) is 5.26. The van der Waals surface area contributed by atoms with E-state index in [-0.39, 0.29) is 5.78 Å². The van der Waals surface area contributed by atoms with Gasteiger partial charge >= 0.3 is 0 Å². The Kier molecular flexibility index (Phi) is 3.81. The molecule has 3 aromatic rings. The van der Waals surface area contributed by atoms with E-state index >= 15 is 0 Å². The first kappa shape index (κ1) is 14.3. The van der Waals surface area contributed by atoms with Crippen molar-refractivity contribution in [1.82, 2.24) is 0 Å². The van der Waals surface area contributed by atoms with Gasteiger partial charge in [0.05, 0.1) is 0 Å². The highest BCUT2D eigenvalue weighted by Crippen LogP contribution is 2.26. The molecule has 0 fully saturated rings. The lowest BCUT2D eigenvalue weighted by Crippen LogP contribution is -2.05. The first-order chi connectivity index (χ1) is 10.1. The highest BCUT2D eigenvalue weighted by Gasteiger charge is 2.16. The molecular weight excluding hydrogens is 371 g/mol. The molecule has 3 aromatic carbocycles. The number of fused-ring (bicyclic) bond motifs is 1. The van der Waals surface area contributed by atoms with Crippen LogP contribution in [0.15, 0.2) is 54.6 Å². The molecule has 21 heavy (non-hydrogen) atoms. The van der Waals surface area contributed by atoms with Crippen molar-refractivity contribution in [2.24, 2.45) is 0 Å². The molecule has 1 nitrogen and oxygen atoms in total.